The fraction of sp³-hybridized carbons (Fsp3) is 0. The highest BCUT2D eigenvalue weighted by molar-refractivity contribution is 6.03. The Bertz CT molecular complexity index is 1810. The van der Waals surface area contributed by atoms with E-state index in [1.165, 1.54) is 0 Å². The molecule has 0 radical (unpaired) electrons. The van der Waals surface area contributed by atoms with Gasteiger partial charge in [-0.3, -0.25) is 9.47 Å². The summed E-state index contributed by atoms with van der Waals surface area (Å²) in [4.78, 5) is 12.1. The van der Waals surface area contributed by atoms with Crippen LogP contribution in [0.25, 0.3) is 39.0 Å². The molecule has 176 valence electrons. The standard InChI is InChI=1S/C32H22N4O/c1-3-11-25(12-4-1)35(29-16-9-21-37-29)27-19-17-23(18-20-27)31-34-30-28-15-8-7-10-24(28)22-33-32(30)36(31)26-13-5-2-6-14-26/h1-22H. The third kappa shape index (κ3) is 3.65. The molecule has 7 rings (SSSR count). The average molecular weight is 479 g/mol. The quantitative estimate of drug-likeness (QED) is 0.250. The van der Waals surface area contributed by atoms with Gasteiger partial charge in [0.25, 0.3) is 0 Å². The van der Waals surface area contributed by atoms with Crippen molar-refractivity contribution in [3.05, 3.63) is 134 Å². The number of aromatic nitrogens is 3. The van der Waals surface area contributed by atoms with Crippen molar-refractivity contribution >= 4 is 39.2 Å². The highest BCUT2D eigenvalue weighted by Crippen LogP contribution is 2.37. The van der Waals surface area contributed by atoms with E-state index in [4.69, 9.17) is 14.4 Å². The van der Waals surface area contributed by atoms with Gasteiger partial charge in [-0.05, 0) is 54.6 Å². The number of pyridine rings is 1. The Balaban J connectivity index is 1.40. The molecule has 5 nitrogen and oxygen atoms in total. The first-order chi connectivity index (χ1) is 18.4. The minimum absolute atomic E-state index is 0.756. The van der Waals surface area contributed by atoms with Crippen molar-refractivity contribution in [2.45, 2.75) is 0 Å². The molecule has 4 aromatic carbocycles. The molecule has 5 heteroatoms. The number of furan rings is 1. The smallest absolute Gasteiger partial charge is 0.204 e. The molecule has 0 amide bonds. The van der Waals surface area contributed by atoms with Gasteiger partial charge in [-0.1, -0.05) is 60.7 Å². The summed E-state index contributed by atoms with van der Waals surface area (Å²) < 4.78 is 7.92. The number of benzene rings is 4. The van der Waals surface area contributed by atoms with Gasteiger partial charge in [0.1, 0.15) is 11.3 Å². The number of imidazole rings is 1. The van der Waals surface area contributed by atoms with Gasteiger partial charge in [0, 0.05) is 45.7 Å². The zero-order valence-corrected chi connectivity index (χ0v) is 19.9. The Morgan fingerprint density at radius 1 is 0.649 bits per heavy atom. The van der Waals surface area contributed by atoms with Gasteiger partial charge in [-0.15, -0.1) is 0 Å². The molecule has 0 saturated carbocycles. The molecule has 0 aliphatic rings. The first-order valence-electron chi connectivity index (χ1n) is 12.2. The monoisotopic (exact) mass is 478 g/mol. The Kier molecular flexibility index (Phi) is 5.03. The lowest BCUT2D eigenvalue weighted by Crippen LogP contribution is -2.08. The van der Waals surface area contributed by atoms with Crippen LogP contribution >= 0.6 is 0 Å². The second kappa shape index (κ2) is 8.81. The van der Waals surface area contributed by atoms with Crippen LogP contribution < -0.4 is 4.90 Å². The van der Waals surface area contributed by atoms with Crippen molar-refractivity contribution < 1.29 is 4.42 Å². The van der Waals surface area contributed by atoms with Gasteiger partial charge in [0.2, 0.25) is 5.88 Å². The van der Waals surface area contributed by atoms with Crippen LogP contribution in [0, 0.1) is 0 Å². The SMILES string of the molecule is c1ccc(N(c2ccc(-c3nc4c5ccccc5cnc4n3-c3ccccc3)cc2)c2ccco2)cc1. The summed E-state index contributed by atoms with van der Waals surface area (Å²) in [5.41, 5.74) is 5.77. The molecule has 0 N–H and O–H groups in total. The summed E-state index contributed by atoms with van der Waals surface area (Å²) in [5.74, 6) is 1.60. The molecule has 0 aliphatic heterocycles. The van der Waals surface area contributed by atoms with Crippen LogP contribution in [0.3, 0.4) is 0 Å². The lowest BCUT2D eigenvalue weighted by molar-refractivity contribution is 0.574. The number of para-hydroxylation sites is 2. The maximum atomic E-state index is 5.78. The minimum atomic E-state index is 0.756. The molecular weight excluding hydrogens is 456 g/mol. The van der Waals surface area contributed by atoms with E-state index < -0.39 is 0 Å². The number of hydrogen-bond donors (Lipinski definition) is 0. The maximum Gasteiger partial charge on any atom is 0.204 e. The second-order valence-electron chi connectivity index (χ2n) is 8.79. The lowest BCUT2D eigenvalue weighted by Gasteiger charge is -2.22. The van der Waals surface area contributed by atoms with Crippen LogP contribution in [0.2, 0.25) is 0 Å². The Morgan fingerprint density at radius 3 is 2.11 bits per heavy atom. The first-order valence-corrected chi connectivity index (χ1v) is 12.2. The molecule has 0 bridgehead atoms. The van der Waals surface area contributed by atoms with Crippen LogP contribution in [0.15, 0.2) is 138 Å². The highest BCUT2D eigenvalue weighted by Gasteiger charge is 2.19. The normalized spacial score (nSPS) is 11.2. The zero-order valence-electron chi connectivity index (χ0n) is 19.9. The van der Waals surface area contributed by atoms with Crippen LogP contribution in [0.5, 0.6) is 0 Å². The predicted octanol–water partition coefficient (Wildman–Crippen LogP) is 8.30. The Labute approximate surface area is 213 Å². The van der Waals surface area contributed by atoms with Gasteiger partial charge in [0.15, 0.2) is 5.65 Å². The molecule has 0 spiro atoms. The third-order valence-electron chi connectivity index (χ3n) is 6.53. The Morgan fingerprint density at radius 2 is 1.35 bits per heavy atom. The van der Waals surface area contributed by atoms with Gasteiger partial charge >= 0.3 is 0 Å². The van der Waals surface area contributed by atoms with Crippen LogP contribution in [-0.4, -0.2) is 14.5 Å². The van der Waals surface area contributed by atoms with Crippen LogP contribution in [-0.2, 0) is 0 Å². The van der Waals surface area contributed by atoms with Crippen LogP contribution in [0.1, 0.15) is 0 Å². The molecule has 3 aromatic heterocycles. The highest BCUT2D eigenvalue weighted by atomic mass is 16.3. The molecule has 0 fully saturated rings. The van der Waals surface area contributed by atoms with Gasteiger partial charge in [-0.2, -0.15) is 0 Å². The van der Waals surface area contributed by atoms with Crippen molar-refractivity contribution in [2.24, 2.45) is 0 Å². The first kappa shape index (κ1) is 21.1. The van der Waals surface area contributed by atoms with E-state index in [0.29, 0.717) is 0 Å². The third-order valence-corrected chi connectivity index (χ3v) is 6.53. The fourth-order valence-electron chi connectivity index (χ4n) is 4.82. The number of hydrogen-bond acceptors (Lipinski definition) is 4. The minimum Gasteiger partial charge on any atom is -0.448 e. The largest absolute Gasteiger partial charge is 0.448 e. The molecule has 37 heavy (non-hydrogen) atoms. The summed E-state index contributed by atoms with van der Waals surface area (Å²) in [7, 11) is 0. The second-order valence-corrected chi connectivity index (χ2v) is 8.79. The average Bonchev–Trinajstić information content (AvgIpc) is 3.63. The van der Waals surface area contributed by atoms with E-state index in [-0.39, 0.29) is 0 Å². The van der Waals surface area contributed by atoms with Crippen molar-refractivity contribution in [3.63, 3.8) is 0 Å². The van der Waals surface area contributed by atoms with Gasteiger partial charge < -0.3 is 4.42 Å². The van der Waals surface area contributed by atoms with E-state index in [1.54, 1.807) is 6.26 Å². The molecule has 3 heterocycles. The summed E-state index contributed by atoms with van der Waals surface area (Å²) in [6.07, 6.45) is 3.62. The topological polar surface area (TPSA) is 47.1 Å². The fourth-order valence-corrected chi connectivity index (χ4v) is 4.82. The maximum absolute atomic E-state index is 5.78. The number of rotatable bonds is 5. The molecule has 7 aromatic rings. The summed E-state index contributed by atoms with van der Waals surface area (Å²) >= 11 is 0. The van der Waals surface area contributed by atoms with E-state index in [2.05, 4.69) is 70.1 Å². The van der Waals surface area contributed by atoms with E-state index >= 15 is 0 Å². The predicted molar refractivity (Wildman–Crippen MR) is 149 cm³/mol. The Hall–Kier alpha value is -5.16. The van der Waals surface area contributed by atoms with Gasteiger partial charge in [0.05, 0.1) is 6.26 Å². The molecule has 0 aliphatic carbocycles. The molecular formula is C32H22N4O. The van der Waals surface area contributed by atoms with Crippen molar-refractivity contribution in [1.82, 2.24) is 14.5 Å². The number of anilines is 3. The zero-order chi connectivity index (χ0) is 24.6. The lowest BCUT2D eigenvalue weighted by atomic mass is 10.1. The summed E-state index contributed by atoms with van der Waals surface area (Å²) in [5, 5.41) is 2.17. The van der Waals surface area contributed by atoms with Crippen molar-refractivity contribution in [3.8, 4) is 17.1 Å². The van der Waals surface area contributed by atoms with Gasteiger partial charge in [-0.25, -0.2) is 9.97 Å². The molecule has 0 saturated heterocycles. The molecule has 0 atom stereocenters. The van der Waals surface area contributed by atoms with E-state index in [9.17, 15) is 0 Å². The van der Waals surface area contributed by atoms with E-state index in [1.807, 2.05) is 66.9 Å². The summed E-state index contributed by atoms with van der Waals surface area (Å²) in [6, 6.07) is 41.0. The number of fused-ring (bicyclic) bond motifs is 3. The van der Waals surface area contributed by atoms with Crippen molar-refractivity contribution in [2.75, 3.05) is 4.90 Å². The summed E-state index contributed by atoms with van der Waals surface area (Å²) in [6.45, 7) is 0. The molecule has 0 unspecified atom stereocenters. The number of nitrogens with zero attached hydrogens (tertiary/aromatic N) is 4. The van der Waals surface area contributed by atoms with Crippen LogP contribution in [0.4, 0.5) is 17.3 Å². The van der Waals surface area contributed by atoms with E-state index in [0.717, 1.165) is 56.3 Å². The van der Waals surface area contributed by atoms with Crippen molar-refractivity contribution in [1.29, 1.82) is 0 Å².